The molecule has 0 bridgehead atoms. The van der Waals surface area contributed by atoms with Crippen LogP contribution in [0.1, 0.15) is 32.7 Å². The van der Waals surface area contributed by atoms with Crippen molar-refractivity contribution >= 4 is 23.2 Å². The zero-order valence-corrected chi connectivity index (χ0v) is 15.0. The smallest absolute Gasteiger partial charge is 0.249 e. The molecule has 0 saturated carbocycles. The summed E-state index contributed by atoms with van der Waals surface area (Å²) in [5.41, 5.74) is 1.39. The summed E-state index contributed by atoms with van der Waals surface area (Å²) in [6, 6.07) is 7.03. The molecule has 0 spiro atoms. The number of piperidine rings is 1. The minimum Gasteiger partial charge on any atom is -0.326 e. The topological polar surface area (TPSA) is 101 Å². The molecule has 2 aromatic rings. The summed E-state index contributed by atoms with van der Waals surface area (Å²) < 4.78 is 1.49. The van der Waals surface area contributed by atoms with Crippen LogP contribution in [0.15, 0.2) is 36.9 Å². The average Bonchev–Trinajstić information content (AvgIpc) is 3.17. The Hall–Kier alpha value is -2.74. The molecule has 1 aromatic heterocycles. The number of rotatable bonds is 5. The molecule has 26 heavy (non-hydrogen) atoms. The SMILES string of the molecule is CC(C(=O)Nc1ccc(NC(=O)[C@H]2CCN[C@@H](C)C2)cc1)n1cncn1. The molecular weight excluding hydrogens is 332 g/mol. The summed E-state index contributed by atoms with van der Waals surface area (Å²) >= 11 is 0. The first-order valence-electron chi connectivity index (χ1n) is 8.82. The molecule has 3 N–H and O–H groups in total. The van der Waals surface area contributed by atoms with Crippen LogP contribution in [0.25, 0.3) is 0 Å². The predicted octanol–water partition coefficient (Wildman–Crippen LogP) is 1.80. The highest BCUT2D eigenvalue weighted by Crippen LogP contribution is 2.20. The Labute approximate surface area is 152 Å². The van der Waals surface area contributed by atoms with E-state index in [2.05, 4.69) is 33.0 Å². The normalized spacial score (nSPS) is 21.0. The van der Waals surface area contributed by atoms with E-state index in [4.69, 9.17) is 0 Å². The fourth-order valence-corrected chi connectivity index (χ4v) is 3.04. The number of carbonyl (C=O) groups is 2. The number of carbonyl (C=O) groups excluding carboxylic acids is 2. The zero-order chi connectivity index (χ0) is 18.5. The first-order valence-corrected chi connectivity index (χ1v) is 8.82. The highest BCUT2D eigenvalue weighted by Gasteiger charge is 2.24. The number of hydrogen-bond donors (Lipinski definition) is 3. The number of anilines is 2. The third-order valence-electron chi connectivity index (χ3n) is 4.63. The second kappa shape index (κ2) is 8.09. The summed E-state index contributed by atoms with van der Waals surface area (Å²) in [5.74, 6) is -0.0972. The molecule has 0 aliphatic carbocycles. The van der Waals surface area contributed by atoms with E-state index in [0.717, 1.165) is 25.1 Å². The number of hydrogen-bond acceptors (Lipinski definition) is 5. The lowest BCUT2D eigenvalue weighted by molar-refractivity contribution is -0.121. The van der Waals surface area contributed by atoms with Gasteiger partial charge < -0.3 is 16.0 Å². The molecule has 1 fully saturated rings. The number of benzene rings is 1. The minimum absolute atomic E-state index is 0.0363. The van der Waals surface area contributed by atoms with Gasteiger partial charge in [0.15, 0.2) is 0 Å². The Bertz CT molecular complexity index is 744. The van der Waals surface area contributed by atoms with Gasteiger partial charge in [-0.15, -0.1) is 0 Å². The Morgan fingerprint density at radius 1 is 1.23 bits per heavy atom. The quantitative estimate of drug-likeness (QED) is 0.758. The third-order valence-corrected chi connectivity index (χ3v) is 4.63. The van der Waals surface area contributed by atoms with E-state index in [1.807, 2.05) is 0 Å². The van der Waals surface area contributed by atoms with Gasteiger partial charge in [-0.1, -0.05) is 0 Å². The van der Waals surface area contributed by atoms with Crippen molar-refractivity contribution in [2.75, 3.05) is 17.2 Å². The van der Waals surface area contributed by atoms with Gasteiger partial charge in [-0.25, -0.2) is 9.67 Å². The molecule has 1 aliphatic heterocycles. The van der Waals surface area contributed by atoms with Crippen molar-refractivity contribution in [3.05, 3.63) is 36.9 Å². The first-order chi connectivity index (χ1) is 12.5. The van der Waals surface area contributed by atoms with E-state index in [9.17, 15) is 9.59 Å². The second-order valence-electron chi connectivity index (χ2n) is 6.68. The Kier molecular flexibility index (Phi) is 5.62. The van der Waals surface area contributed by atoms with Gasteiger partial charge in [0.05, 0.1) is 0 Å². The number of aromatic nitrogens is 3. The van der Waals surface area contributed by atoms with Gasteiger partial charge in [-0.05, 0) is 57.5 Å². The van der Waals surface area contributed by atoms with Gasteiger partial charge in [0.1, 0.15) is 18.7 Å². The highest BCUT2D eigenvalue weighted by atomic mass is 16.2. The van der Waals surface area contributed by atoms with Crippen molar-refractivity contribution < 1.29 is 9.59 Å². The van der Waals surface area contributed by atoms with Gasteiger partial charge in [-0.3, -0.25) is 9.59 Å². The van der Waals surface area contributed by atoms with Crippen molar-refractivity contribution in [1.29, 1.82) is 0 Å². The van der Waals surface area contributed by atoms with Crippen LogP contribution < -0.4 is 16.0 Å². The Balaban J connectivity index is 1.54. The van der Waals surface area contributed by atoms with Gasteiger partial charge >= 0.3 is 0 Å². The predicted molar refractivity (Wildman–Crippen MR) is 98.6 cm³/mol. The van der Waals surface area contributed by atoms with Crippen molar-refractivity contribution in [3.63, 3.8) is 0 Å². The molecule has 138 valence electrons. The van der Waals surface area contributed by atoms with Crippen molar-refractivity contribution in [1.82, 2.24) is 20.1 Å². The average molecular weight is 356 g/mol. The fraction of sp³-hybridized carbons (Fsp3) is 0.444. The van der Waals surface area contributed by atoms with Crippen molar-refractivity contribution in [2.24, 2.45) is 5.92 Å². The lowest BCUT2D eigenvalue weighted by Gasteiger charge is -2.27. The summed E-state index contributed by atoms with van der Waals surface area (Å²) in [5, 5.41) is 13.1. The molecule has 2 amide bonds. The fourth-order valence-electron chi connectivity index (χ4n) is 3.04. The van der Waals surface area contributed by atoms with Gasteiger partial charge in [-0.2, -0.15) is 5.10 Å². The van der Waals surface area contributed by atoms with Gasteiger partial charge in [0.2, 0.25) is 11.8 Å². The van der Waals surface area contributed by atoms with E-state index < -0.39 is 6.04 Å². The molecule has 1 unspecified atom stereocenters. The number of amides is 2. The van der Waals surface area contributed by atoms with Crippen LogP contribution in [0, 0.1) is 5.92 Å². The molecule has 1 aliphatic rings. The first kappa shape index (κ1) is 18.1. The van der Waals surface area contributed by atoms with Gasteiger partial charge in [0, 0.05) is 23.3 Å². The lowest BCUT2D eigenvalue weighted by atomic mass is 9.92. The maximum atomic E-state index is 12.4. The Morgan fingerprint density at radius 3 is 2.54 bits per heavy atom. The van der Waals surface area contributed by atoms with Crippen LogP contribution in [0.4, 0.5) is 11.4 Å². The Morgan fingerprint density at radius 2 is 1.92 bits per heavy atom. The molecule has 3 rings (SSSR count). The molecule has 1 saturated heterocycles. The van der Waals surface area contributed by atoms with Gasteiger partial charge in [0.25, 0.3) is 0 Å². The van der Waals surface area contributed by atoms with Crippen molar-refractivity contribution in [2.45, 2.75) is 38.8 Å². The summed E-state index contributed by atoms with van der Waals surface area (Å²) in [6.07, 6.45) is 4.60. The minimum atomic E-state index is -0.459. The third kappa shape index (κ3) is 4.45. The largest absolute Gasteiger partial charge is 0.326 e. The van der Waals surface area contributed by atoms with E-state index in [1.165, 1.54) is 17.3 Å². The standard InChI is InChI=1S/C18H24N6O2/c1-12-9-14(7-8-20-12)18(26)23-16-5-3-15(4-6-16)22-17(25)13(2)24-11-19-10-21-24/h3-6,10-14,20H,7-9H2,1-2H3,(H,22,25)(H,23,26)/t12-,13?,14-/m0/s1. The molecule has 0 radical (unpaired) electrons. The molecule has 8 nitrogen and oxygen atoms in total. The second-order valence-corrected chi connectivity index (χ2v) is 6.68. The summed E-state index contributed by atoms with van der Waals surface area (Å²) in [4.78, 5) is 28.5. The van der Waals surface area contributed by atoms with E-state index >= 15 is 0 Å². The van der Waals surface area contributed by atoms with E-state index in [1.54, 1.807) is 31.2 Å². The maximum Gasteiger partial charge on any atom is 0.249 e. The van der Waals surface area contributed by atoms with Crippen LogP contribution in [0.2, 0.25) is 0 Å². The monoisotopic (exact) mass is 356 g/mol. The van der Waals surface area contributed by atoms with E-state index in [-0.39, 0.29) is 17.7 Å². The van der Waals surface area contributed by atoms with Crippen molar-refractivity contribution in [3.8, 4) is 0 Å². The molecule has 1 aromatic carbocycles. The van der Waals surface area contributed by atoms with Crippen LogP contribution in [0.5, 0.6) is 0 Å². The highest BCUT2D eigenvalue weighted by molar-refractivity contribution is 5.95. The van der Waals surface area contributed by atoms with Crippen LogP contribution in [-0.4, -0.2) is 39.2 Å². The van der Waals surface area contributed by atoms with Crippen LogP contribution >= 0.6 is 0 Å². The van der Waals surface area contributed by atoms with E-state index in [0.29, 0.717) is 11.7 Å². The van der Waals surface area contributed by atoms with Crippen LogP contribution in [0.3, 0.4) is 0 Å². The maximum absolute atomic E-state index is 12.4. The van der Waals surface area contributed by atoms with Crippen LogP contribution in [-0.2, 0) is 9.59 Å². The molecular formula is C18H24N6O2. The molecule has 3 atom stereocenters. The zero-order valence-electron chi connectivity index (χ0n) is 15.0. The lowest BCUT2D eigenvalue weighted by Crippen LogP contribution is -2.40. The number of nitrogens with one attached hydrogen (secondary N) is 3. The summed E-state index contributed by atoms with van der Waals surface area (Å²) in [7, 11) is 0. The number of nitrogens with zero attached hydrogens (tertiary/aromatic N) is 3. The molecule has 8 heteroatoms. The summed E-state index contributed by atoms with van der Waals surface area (Å²) in [6.45, 7) is 4.71. The molecule has 2 heterocycles.